The van der Waals surface area contributed by atoms with Gasteiger partial charge < -0.3 is 14.3 Å². The van der Waals surface area contributed by atoms with Crippen LogP contribution in [0.2, 0.25) is 0 Å². The van der Waals surface area contributed by atoms with Crippen LogP contribution in [0.3, 0.4) is 0 Å². The molecule has 2 heterocycles. The van der Waals surface area contributed by atoms with Crippen molar-refractivity contribution in [2.24, 2.45) is 11.8 Å². The second kappa shape index (κ2) is 4.28. The Balaban J connectivity index is 1.91. The number of carbonyl (C=O) groups excluding carboxylic acids is 2. The molecule has 1 fully saturated rings. The van der Waals surface area contributed by atoms with Gasteiger partial charge in [-0.1, -0.05) is 12.1 Å². The first kappa shape index (κ1) is 12.3. The second-order valence-corrected chi connectivity index (χ2v) is 5.77. The van der Waals surface area contributed by atoms with Gasteiger partial charge in [-0.2, -0.15) is 0 Å². The average molecular weight is 281 g/mol. The Morgan fingerprint density at radius 3 is 2.90 bits per heavy atom. The quantitative estimate of drug-likeness (QED) is 0.789. The third kappa shape index (κ3) is 1.67. The summed E-state index contributed by atoms with van der Waals surface area (Å²) < 4.78 is 1.97. The normalized spacial score (nSPS) is 26.8. The van der Waals surface area contributed by atoms with E-state index in [1.165, 1.54) is 0 Å². The molecule has 1 amide bonds. The molecule has 0 N–H and O–H groups in total. The molecule has 3 atom stereocenters. The van der Waals surface area contributed by atoms with Gasteiger partial charge in [0.05, 0.1) is 35.5 Å². The predicted molar refractivity (Wildman–Crippen MR) is 76.1 cm³/mol. The molecule has 1 saturated carbocycles. The van der Waals surface area contributed by atoms with Crippen LogP contribution >= 0.6 is 0 Å². The molecule has 2 aliphatic rings. The van der Waals surface area contributed by atoms with Gasteiger partial charge in [-0.15, -0.1) is 0 Å². The third-order valence-corrected chi connectivity index (χ3v) is 4.57. The molecule has 1 aromatic carbocycles. The number of aldehydes is 1. The molecular weight excluding hydrogens is 266 g/mol. The standard InChI is InChI=1S/C16H15N3O2/c1-18-15(12-6-10(12)8-20)14-7-17-9-19(14)13-5-3-2-4-11(13)16(18)21/h2-5,7-10,12,15H,6H2,1H3. The van der Waals surface area contributed by atoms with E-state index in [-0.39, 0.29) is 23.8 Å². The van der Waals surface area contributed by atoms with E-state index in [0.717, 1.165) is 24.1 Å². The van der Waals surface area contributed by atoms with Crippen molar-refractivity contribution in [3.8, 4) is 5.69 Å². The van der Waals surface area contributed by atoms with Gasteiger partial charge >= 0.3 is 0 Å². The molecule has 0 radical (unpaired) electrons. The summed E-state index contributed by atoms with van der Waals surface area (Å²) in [4.78, 5) is 29.8. The molecule has 0 bridgehead atoms. The average Bonchev–Trinajstić information content (AvgIpc) is 3.14. The van der Waals surface area contributed by atoms with Crippen molar-refractivity contribution in [3.05, 3.63) is 48.0 Å². The zero-order chi connectivity index (χ0) is 14.6. The number of carbonyl (C=O) groups is 2. The van der Waals surface area contributed by atoms with Crippen LogP contribution < -0.4 is 0 Å². The van der Waals surface area contributed by atoms with E-state index in [1.807, 2.05) is 35.9 Å². The molecule has 4 rings (SSSR count). The van der Waals surface area contributed by atoms with Crippen LogP contribution in [-0.2, 0) is 4.79 Å². The molecule has 0 saturated heterocycles. The van der Waals surface area contributed by atoms with Crippen LogP contribution in [-0.4, -0.2) is 33.7 Å². The van der Waals surface area contributed by atoms with E-state index in [4.69, 9.17) is 0 Å². The highest BCUT2D eigenvalue weighted by molar-refractivity contribution is 5.98. The number of rotatable bonds is 2. The van der Waals surface area contributed by atoms with Crippen LogP contribution in [0.4, 0.5) is 0 Å². The molecule has 5 heteroatoms. The zero-order valence-electron chi connectivity index (χ0n) is 11.6. The summed E-state index contributed by atoms with van der Waals surface area (Å²) in [6, 6.07) is 7.46. The maximum Gasteiger partial charge on any atom is 0.256 e. The first-order valence-electron chi connectivity index (χ1n) is 7.06. The van der Waals surface area contributed by atoms with Crippen molar-refractivity contribution in [2.75, 3.05) is 7.05 Å². The first-order chi connectivity index (χ1) is 10.2. The monoisotopic (exact) mass is 281 g/mol. The molecule has 1 aliphatic carbocycles. The summed E-state index contributed by atoms with van der Waals surface area (Å²) in [5.41, 5.74) is 2.50. The van der Waals surface area contributed by atoms with E-state index in [9.17, 15) is 9.59 Å². The van der Waals surface area contributed by atoms with Crippen molar-refractivity contribution in [1.29, 1.82) is 0 Å². The smallest absolute Gasteiger partial charge is 0.256 e. The minimum atomic E-state index is -0.0948. The Morgan fingerprint density at radius 1 is 1.33 bits per heavy atom. The maximum atomic E-state index is 12.7. The number of hydrogen-bond donors (Lipinski definition) is 0. The summed E-state index contributed by atoms with van der Waals surface area (Å²) in [6.45, 7) is 0. The molecule has 5 nitrogen and oxygen atoms in total. The molecule has 0 spiro atoms. The zero-order valence-corrected chi connectivity index (χ0v) is 11.6. The Labute approximate surface area is 122 Å². The summed E-state index contributed by atoms with van der Waals surface area (Å²) in [5, 5.41) is 0. The van der Waals surface area contributed by atoms with Crippen LogP contribution in [0.5, 0.6) is 0 Å². The Morgan fingerprint density at radius 2 is 2.14 bits per heavy atom. The Hall–Kier alpha value is -2.43. The van der Waals surface area contributed by atoms with Crippen molar-refractivity contribution in [3.63, 3.8) is 0 Å². The van der Waals surface area contributed by atoms with Crippen LogP contribution in [0.15, 0.2) is 36.8 Å². The lowest BCUT2D eigenvalue weighted by molar-refractivity contribution is -0.109. The van der Waals surface area contributed by atoms with Crippen LogP contribution in [0.1, 0.15) is 28.5 Å². The van der Waals surface area contributed by atoms with Crippen molar-refractivity contribution in [1.82, 2.24) is 14.5 Å². The third-order valence-electron chi connectivity index (χ3n) is 4.57. The molecule has 2 aromatic rings. The molecule has 1 aliphatic heterocycles. The van der Waals surface area contributed by atoms with Gasteiger partial charge in [-0.3, -0.25) is 4.79 Å². The highest BCUT2D eigenvalue weighted by atomic mass is 16.2. The number of aromatic nitrogens is 2. The number of para-hydroxylation sites is 1. The number of fused-ring (bicyclic) bond motifs is 3. The number of imidazole rings is 1. The number of nitrogens with zero attached hydrogens (tertiary/aromatic N) is 3. The number of hydrogen-bond acceptors (Lipinski definition) is 3. The van der Waals surface area contributed by atoms with E-state index in [2.05, 4.69) is 4.98 Å². The summed E-state index contributed by atoms with van der Waals surface area (Å²) in [6.07, 6.45) is 5.39. The first-order valence-corrected chi connectivity index (χ1v) is 7.06. The number of benzene rings is 1. The number of amides is 1. The predicted octanol–water partition coefficient (Wildman–Crippen LogP) is 1.83. The van der Waals surface area contributed by atoms with Gasteiger partial charge in [0.1, 0.15) is 6.29 Å². The fourth-order valence-electron chi connectivity index (χ4n) is 3.37. The highest BCUT2D eigenvalue weighted by Gasteiger charge is 2.48. The molecular formula is C16H15N3O2. The van der Waals surface area contributed by atoms with E-state index >= 15 is 0 Å². The fourth-order valence-corrected chi connectivity index (χ4v) is 3.37. The lowest BCUT2D eigenvalue weighted by Gasteiger charge is -2.26. The SMILES string of the molecule is CN1C(=O)c2ccccc2-n2cncc2C1C1CC1C=O. The molecule has 106 valence electrons. The van der Waals surface area contributed by atoms with Gasteiger partial charge in [-0.25, -0.2) is 4.98 Å². The van der Waals surface area contributed by atoms with Gasteiger partial charge in [0.15, 0.2) is 0 Å². The van der Waals surface area contributed by atoms with Gasteiger partial charge in [0.25, 0.3) is 5.91 Å². The van der Waals surface area contributed by atoms with Crippen molar-refractivity contribution >= 4 is 12.2 Å². The highest BCUT2D eigenvalue weighted by Crippen LogP contribution is 2.50. The largest absolute Gasteiger partial charge is 0.333 e. The summed E-state index contributed by atoms with van der Waals surface area (Å²) in [5.74, 6) is 0.242. The molecule has 21 heavy (non-hydrogen) atoms. The lowest BCUT2D eigenvalue weighted by Crippen LogP contribution is -2.32. The van der Waals surface area contributed by atoms with E-state index < -0.39 is 0 Å². The summed E-state index contributed by atoms with van der Waals surface area (Å²) in [7, 11) is 1.81. The second-order valence-electron chi connectivity index (χ2n) is 5.77. The van der Waals surface area contributed by atoms with Gasteiger partial charge in [-0.05, 0) is 24.5 Å². The fraction of sp³-hybridized carbons (Fsp3) is 0.312. The van der Waals surface area contributed by atoms with Crippen LogP contribution in [0.25, 0.3) is 5.69 Å². The lowest BCUT2D eigenvalue weighted by atomic mass is 10.1. The minimum Gasteiger partial charge on any atom is -0.333 e. The van der Waals surface area contributed by atoms with Gasteiger partial charge in [0, 0.05) is 13.0 Å². The van der Waals surface area contributed by atoms with E-state index in [1.54, 1.807) is 17.4 Å². The van der Waals surface area contributed by atoms with E-state index in [0.29, 0.717) is 5.56 Å². The Kier molecular flexibility index (Phi) is 2.51. The molecule has 1 aromatic heterocycles. The Bertz CT molecular complexity index is 737. The molecule has 3 unspecified atom stereocenters. The minimum absolute atomic E-state index is 0.00384. The van der Waals surface area contributed by atoms with Gasteiger partial charge in [0.2, 0.25) is 0 Å². The van der Waals surface area contributed by atoms with Crippen molar-refractivity contribution < 1.29 is 9.59 Å². The topological polar surface area (TPSA) is 55.2 Å². The van der Waals surface area contributed by atoms with Crippen LogP contribution in [0, 0.1) is 11.8 Å². The van der Waals surface area contributed by atoms with Crippen molar-refractivity contribution in [2.45, 2.75) is 12.5 Å². The maximum absolute atomic E-state index is 12.7. The summed E-state index contributed by atoms with van der Waals surface area (Å²) >= 11 is 0.